The number of nitrogens with one attached hydrogen (secondary N) is 1. The smallest absolute Gasteiger partial charge is 0.168 e. The van der Waals surface area contributed by atoms with Crippen LogP contribution in [0.1, 0.15) is 13.8 Å². The molecule has 0 amide bonds. The van der Waals surface area contributed by atoms with Crippen LogP contribution in [0.4, 0.5) is 0 Å². The lowest BCUT2D eigenvalue weighted by atomic mass is 10.6. The van der Waals surface area contributed by atoms with Crippen LogP contribution in [0, 0.1) is 0 Å². The fourth-order valence-electron chi connectivity index (χ4n) is 0.430. The maximum Gasteiger partial charge on any atom is 0.168 e. The normalized spacial score (nSPS) is 8.78. The van der Waals surface area contributed by atoms with Gasteiger partial charge in [-0.2, -0.15) is 0 Å². The van der Waals surface area contributed by atoms with Crippen molar-refractivity contribution in [3.8, 4) is 0 Å². The van der Waals surface area contributed by atoms with Gasteiger partial charge >= 0.3 is 0 Å². The summed E-state index contributed by atoms with van der Waals surface area (Å²) in [6, 6.07) is 0. The van der Waals surface area contributed by atoms with Crippen molar-refractivity contribution in [2.24, 2.45) is 0 Å². The molecule has 0 fully saturated rings. The third-order valence-electron chi connectivity index (χ3n) is 1.15. The maximum absolute atomic E-state index is 4.99. The zero-order valence-electron chi connectivity index (χ0n) is 6.27. The van der Waals surface area contributed by atoms with Gasteiger partial charge in [0.2, 0.25) is 0 Å². The second kappa shape index (κ2) is 4.56. The van der Waals surface area contributed by atoms with Crippen molar-refractivity contribution in [2.75, 3.05) is 20.1 Å². The van der Waals surface area contributed by atoms with E-state index in [1.807, 2.05) is 18.9 Å². The van der Waals surface area contributed by atoms with Gasteiger partial charge in [-0.1, -0.05) is 0 Å². The monoisotopic (exact) mass is 146 g/mol. The fourth-order valence-corrected chi connectivity index (χ4v) is 0.703. The molecule has 0 aliphatic heterocycles. The van der Waals surface area contributed by atoms with Gasteiger partial charge in [0.05, 0.1) is 0 Å². The maximum atomic E-state index is 4.99. The van der Waals surface area contributed by atoms with E-state index in [2.05, 4.69) is 12.2 Å². The Morgan fingerprint density at radius 3 is 2.44 bits per heavy atom. The van der Waals surface area contributed by atoms with Gasteiger partial charge in [0, 0.05) is 20.1 Å². The number of hydrogen-bond acceptors (Lipinski definition) is 1. The van der Waals surface area contributed by atoms with E-state index in [0.29, 0.717) is 0 Å². The molecule has 0 aromatic rings. The summed E-state index contributed by atoms with van der Waals surface area (Å²) in [5, 5.41) is 3.89. The van der Waals surface area contributed by atoms with Crippen LogP contribution in [0.5, 0.6) is 0 Å². The third-order valence-corrected chi connectivity index (χ3v) is 1.61. The summed E-state index contributed by atoms with van der Waals surface area (Å²) in [4.78, 5) is 2.00. The van der Waals surface area contributed by atoms with Gasteiger partial charge in [-0.15, -0.1) is 0 Å². The molecule has 0 heterocycles. The molecular weight excluding hydrogens is 132 g/mol. The highest BCUT2D eigenvalue weighted by molar-refractivity contribution is 7.80. The van der Waals surface area contributed by atoms with Crippen molar-refractivity contribution >= 4 is 17.3 Å². The Balaban J connectivity index is 3.46. The first kappa shape index (κ1) is 8.69. The van der Waals surface area contributed by atoms with E-state index >= 15 is 0 Å². The van der Waals surface area contributed by atoms with Crippen LogP contribution in [-0.4, -0.2) is 30.1 Å². The average Bonchev–Trinajstić information content (AvgIpc) is 1.87. The van der Waals surface area contributed by atoms with E-state index in [1.165, 1.54) is 0 Å². The lowest BCUT2D eigenvalue weighted by Crippen LogP contribution is -2.36. The molecule has 1 N–H and O–H groups in total. The van der Waals surface area contributed by atoms with Gasteiger partial charge in [-0.05, 0) is 26.1 Å². The zero-order valence-corrected chi connectivity index (χ0v) is 7.09. The Labute approximate surface area is 62.2 Å². The Bertz CT molecular complexity index is 93.1. The molecule has 0 spiro atoms. The lowest BCUT2D eigenvalue weighted by Gasteiger charge is -2.17. The molecule has 0 bridgehead atoms. The molecule has 3 heteroatoms. The summed E-state index contributed by atoms with van der Waals surface area (Å²) in [5.74, 6) is 0. The van der Waals surface area contributed by atoms with Gasteiger partial charge in [0.1, 0.15) is 0 Å². The Hall–Kier alpha value is -0.310. The van der Waals surface area contributed by atoms with E-state index in [1.54, 1.807) is 0 Å². The molecule has 0 unspecified atom stereocenters. The molecular formula is C6H14N2S. The summed E-state index contributed by atoms with van der Waals surface area (Å²) < 4.78 is 0. The van der Waals surface area contributed by atoms with Crippen LogP contribution in [0.2, 0.25) is 0 Å². The molecule has 0 aliphatic carbocycles. The van der Waals surface area contributed by atoms with Crippen molar-refractivity contribution < 1.29 is 0 Å². The van der Waals surface area contributed by atoms with Crippen LogP contribution >= 0.6 is 12.2 Å². The molecule has 9 heavy (non-hydrogen) atoms. The van der Waals surface area contributed by atoms with E-state index in [4.69, 9.17) is 12.2 Å². The van der Waals surface area contributed by atoms with Crippen LogP contribution in [-0.2, 0) is 0 Å². The predicted molar refractivity (Wildman–Crippen MR) is 44.6 cm³/mol. The molecule has 0 saturated carbocycles. The second-order valence-electron chi connectivity index (χ2n) is 1.85. The topological polar surface area (TPSA) is 15.3 Å². The van der Waals surface area contributed by atoms with E-state index < -0.39 is 0 Å². The Morgan fingerprint density at radius 1 is 1.56 bits per heavy atom. The molecule has 0 aromatic carbocycles. The molecule has 54 valence electrons. The van der Waals surface area contributed by atoms with Gasteiger partial charge in [-0.3, -0.25) is 0 Å². The Kier molecular flexibility index (Phi) is 4.40. The quantitative estimate of drug-likeness (QED) is 0.581. The van der Waals surface area contributed by atoms with Crippen LogP contribution in [0.25, 0.3) is 0 Å². The minimum atomic E-state index is 0.833. The molecule has 0 atom stereocenters. The van der Waals surface area contributed by atoms with Crippen molar-refractivity contribution in [1.29, 1.82) is 0 Å². The molecule has 0 radical (unpaired) electrons. The largest absolute Gasteiger partial charge is 0.363 e. The standard InChI is InChI=1S/C6H14N2S/c1-4-7-6(9)8(3)5-2/h4-5H2,1-3H3,(H,7,9). The molecule has 0 aromatic heterocycles. The van der Waals surface area contributed by atoms with Crippen molar-refractivity contribution in [2.45, 2.75) is 13.8 Å². The predicted octanol–water partition coefficient (Wildman–Crippen LogP) is 0.833. The summed E-state index contributed by atoms with van der Waals surface area (Å²) in [5.41, 5.74) is 0. The van der Waals surface area contributed by atoms with Gasteiger partial charge in [0.25, 0.3) is 0 Å². The van der Waals surface area contributed by atoms with Gasteiger partial charge < -0.3 is 10.2 Å². The van der Waals surface area contributed by atoms with E-state index in [0.717, 1.165) is 18.2 Å². The minimum Gasteiger partial charge on any atom is -0.363 e. The fraction of sp³-hybridized carbons (Fsp3) is 0.833. The number of nitrogens with zero attached hydrogens (tertiary/aromatic N) is 1. The van der Waals surface area contributed by atoms with Gasteiger partial charge in [-0.25, -0.2) is 0 Å². The van der Waals surface area contributed by atoms with Crippen LogP contribution in [0.15, 0.2) is 0 Å². The number of hydrogen-bond donors (Lipinski definition) is 1. The van der Waals surface area contributed by atoms with Crippen LogP contribution in [0.3, 0.4) is 0 Å². The number of thiocarbonyl (C=S) groups is 1. The average molecular weight is 146 g/mol. The molecule has 0 saturated heterocycles. The highest BCUT2D eigenvalue weighted by Gasteiger charge is 1.96. The zero-order chi connectivity index (χ0) is 7.28. The number of rotatable bonds is 2. The van der Waals surface area contributed by atoms with Crippen molar-refractivity contribution in [1.82, 2.24) is 10.2 Å². The molecule has 2 nitrogen and oxygen atoms in total. The molecule has 0 aliphatic rings. The van der Waals surface area contributed by atoms with Crippen molar-refractivity contribution in [3.63, 3.8) is 0 Å². The minimum absolute atomic E-state index is 0.833. The van der Waals surface area contributed by atoms with E-state index in [9.17, 15) is 0 Å². The first-order valence-corrected chi connectivity index (χ1v) is 3.62. The second-order valence-corrected chi connectivity index (χ2v) is 2.24. The summed E-state index contributed by atoms with van der Waals surface area (Å²) in [6.07, 6.45) is 0. The van der Waals surface area contributed by atoms with E-state index in [-0.39, 0.29) is 0 Å². The Morgan fingerprint density at radius 2 is 2.11 bits per heavy atom. The summed E-state index contributed by atoms with van der Waals surface area (Å²) >= 11 is 4.99. The SMILES string of the molecule is CCNC(=S)N(C)CC. The summed E-state index contributed by atoms with van der Waals surface area (Å²) in [6.45, 7) is 5.98. The van der Waals surface area contributed by atoms with Crippen LogP contribution < -0.4 is 5.32 Å². The third kappa shape index (κ3) is 3.30. The van der Waals surface area contributed by atoms with Crippen molar-refractivity contribution in [3.05, 3.63) is 0 Å². The van der Waals surface area contributed by atoms with Gasteiger partial charge in [0.15, 0.2) is 5.11 Å². The summed E-state index contributed by atoms with van der Waals surface area (Å²) in [7, 11) is 1.98. The lowest BCUT2D eigenvalue weighted by molar-refractivity contribution is 0.524. The highest BCUT2D eigenvalue weighted by Crippen LogP contribution is 1.81. The first-order chi connectivity index (χ1) is 4.22. The molecule has 0 rings (SSSR count). The highest BCUT2D eigenvalue weighted by atomic mass is 32.1. The first-order valence-electron chi connectivity index (χ1n) is 3.21.